The number of benzene rings is 2. The molecule has 0 spiro atoms. The highest BCUT2D eigenvalue weighted by molar-refractivity contribution is 9.10. The van der Waals surface area contributed by atoms with Gasteiger partial charge in [0, 0.05) is 21.4 Å². The Morgan fingerprint density at radius 3 is 2.73 bits per heavy atom. The van der Waals surface area contributed by atoms with Gasteiger partial charge in [0.2, 0.25) is 0 Å². The van der Waals surface area contributed by atoms with Gasteiger partial charge in [-0.15, -0.1) is 0 Å². The fourth-order valence-corrected chi connectivity index (χ4v) is 3.56. The molecule has 0 bridgehead atoms. The van der Waals surface area contributed by atoms with E-state index in [1.54, 1.807) is 25.1 Å². The van der Waals surface area contributed by atoms with Crippen LogP contribution in [-0.2, 0) is 4.79 Å². The van der Waals surface area contributed by atoms with Crippen LogP contribution >= 0.6 is 28.1 Å². The number of phenolic OH excluding ortho intramolecular Hbond substituents is 1. The van der Waals surface area contributed by atoms with Crippen LogP contribution in [0.1, 0.15) is 24.1 Å². The minimum absolute atomic E-state index is 0.0871. The molecule has 0 saturated heterocycles. The number of allylic oxidation sites excluding steroid dienone is 1. The normalized spacial score (nSPS) is 16.7. The number of aryl methyl sites for hydroxylation is 1. The van der Waals surface area contributed by atoms with Gasteiger partial charge in [0.05, 0.1) is 11.6 Å². The van der Waals surface area contributed by atoms with E-state index in [0.29, 0.717) is 27.6 Å². The van der Waals surface area contributed by atoms with Gasteiger partial charge in [0.1, 0.15) is 5.75 Å². The summed E-state index contributed by atoms with van der Waals surface area (Å²) in [4.78, 5) is 13.0. The largest absolute Gasteiger partial charge is 0.508 e. The molecule has 1 atom stereocenters. The highest BCUT2D eigenvalue weighted by atomic mass is 79.9. The summed E-state index contributed by atoms with van der Waals surface area (Å²) in [6.45, 7) is 3.75. The Hall–Kier alpha value is -2.38. The van der Waals surface area contributed by atoms with E-state index in [-0.39, 0.29) is 11.7 Å². The molecule has 0 saturated carbocycles. The molecule has 134 valence electrons. The molecule has 0 fully saturated rings. The first kappa shape index (κ1) is 18.4. The summed E-state index contributed by atoms with van der Waals surface area (Å²) in [5, 5.41) is 19.7. The number of nitrogens with one attached hydrogen (secondary N) is 3. The molecule has 2 aromatic rings. The van der Waals surface area contributed by atoms with E-state index in [1.807, 2.05) is 31.2 Å². The third-order valence-corrected chi connectivity index (χ3v) is 4.80. The van der Waals surface area contributed by atoms with E-state index in [0.717, 1.165) is 10.0 Å². The van der Waals surface area contributed by atoms with Crippen molar-refractivity contribution < 1.29 is 9.90 Å². The zero-order valence-corrected chi connectivity index (χ0v) is 16.7. The van der Waals surface area contributed by atoms with Gasteiger partial charge in [-0.05, 0) is 62.0 Å². The van der Waals surface area contributed by atoms with E-state index in [4.69, 9.17) is 12.2 Å². The molecule has 1 heterocycles. The molecule has 0 aromatic heterocycles. The number of halogens is 1. The van der Waals surface area contributed by atoms with Crippen LogP contribution in [0.3, 0.4) is 0 Å². The van der Waals surface area contributed by atoms with Gasteiger partial charge in [-0.1, -0.05) is 28.1 Å². The summed E-state index contributed by atoms with van der Waals surface area (Å²) >= 11 is 8.65. The smallest absolute Gasteiger partial charge is 0.255 e. The lowest BCUT2D eigenvalue weighted by Crippen LogP contribution is -2.45. The van der Waals surface area contributed by atoms with E-state index < -0.39 is 6.04 Å². The fourth-order valence-electron chi connectivity index (χ4n) is 2.91. The fraction of sp³-hybridized carbons (Fsp3) is 0.158. The van der Waals surface area contributed by atoms with Crippen molar-refractivity contribution in [1.29, 1.82) is 0 Å². The maximum Gasteiger partial charge on any atom is 0.255 e. The number of rotatable bonds is 3. The number of carbonyl (C=O) groups excluding carboxylic acids is 1. The number of phenols is 1. The van der Waals surface area contributed by atoms with Crippen LogP contribution in [0.4, 0.5) is 5.69 Å². The number of hydrogen-bond acceptors (Lipinski definition) is 3. The number of amides is 1. The molecule has 1 aliphatic rings. The zero-order chi connectivity index (χ0) is 18.8. The molecule has 5 nitrogen and oxygen atoms in total. The zero-order valence-electron chi connectivity index (χ0n) is 14.3. The van der Waals surface area contributed by atoms with Crippen molar-refractivity contribution in [3.8, 4) is 5.75 Å². The second-order valence-electron chi connectivity index (χ2n) is 6.10. The Kier molecular flexibility index (Phi) is 5.29. The molecule has 2 aromatic carbocycles. The van der Waals surface area contributed by atoms with Gasteiger partial charge in [0.15, 0.2) is 5.11 Å². The van der Waals surface area contributed by atoms with Gasteiger partial charge < -0.3 is 21.1 Å². The van der Waals surface area contributed by atoms with Crippen molar-refractivity contribution in [2.24, 2.45) is 0 Å². The predicted octanol–water partition coefficient (Wildman–Crippen LogP) is 3.89. The predicted molar refractivity (Wildman–Crippen MR) is 110 cm³/mol. The first-order valence-corrected chi connectivity index (χ1v) is 9.20. The van der Waals surface area contributed by atoms with Gasteiger partial charge in [0.25, 0.3) is 5.91 Å². The van der Waals surface area contributed by atoms with Crippen molar-refractivity contribution >= 4 is 44.9 Å². The average molecular weight is 432 g/mol. The molecular weight excluding hydrogens is 414 g/mol. The number of aromatic hydroxyl groups is 1. The molecule has 0 unspecified atom stereocenters. The molecule has 1 aliphatic heterocycles. The maximum absolute atomic E-state index is 13.0. The number of anilines is 1. The van der Waals surface area contributed by atoms with Gasteiger partial charge in [-0.2, -0.15) is 0 Å². The van der Waals surface area contributed by atoms with Crippen LogP contribution in [-0.4, -0.2) is 16.1 Å². The van der Waals surface area contributed by atoms with Crippen LogP contribution in [0.5, 0.6) is 5.75 Å². The Morgan fingerprint density at radius 1 is 1.23 bits per heavy atom. The first-order valence-electron chi connectivity index (χ1n) is 8.00. The molecule has 0 radical (unpaired) electrons. The number of carbonyl (C=O) groups is 1. The van der Waals surface area contributed by atoms with Crippen molar-refractivity contribution in [2.45, 2.75) is 19.9 Å². The van der Waals surface area contributed by atoms with Crippen molar-refractivity contribution in [3.63, 3.8) is 0 Å². The van der Waals surface area contributed by atoms with E-state index >= 15 is 0 Å². The molecule has 3 rings (SSSR count). The van der Waals surface area contributed by atoms with Crippen LogP contribution in [0, 0.1) is 6.92 Å². The summed E-state index contributed by atoms with van der Waals surface area (Å²) in [6, 6.07) is 12.1. The summed E-state index contributed by atoms with van der Waals surface area (Å²) in [7, 11) is 0. The lowest BCUT2D eigenvalue weighted by atomic mass is 9.94. The van der Waals surface area contributed by atoms with E-state index in [1.165, 1.54) is 0 Å². The number of hydrogen-bond donors (Lipinski definition) is 4. The molecular formula is C19H18BrN3O2S. The average Bonchev–Trinajstić information content (AvgIpc) is 2.56. The highest BCUT2D eigenvalue weighted by Crippen LogP contribution is 2.34. The van der Waals surface area contributed by atoms with Gasteiger partial charge >= 0.3 is 0 Å². The van der Waals surface area contributed by atoms with Crippen molar-refractivity contribution in [2.75, 3.05) is 5.32 Å². The third kappa shape index (κ3) is 3.89. The third-order valence-electron chi connectivity index (χ3n) is 4.09. The lowest BCUT2D eigenvalue weighted by molar-refractivity contribution is -0.113. The molecule has 26 heavy (non-hydrogen) atoms. The molecule has 4 N–H and O–H groups in total. The minimum atomic E-state index is -0.564. The second kappa shape index (κ2) is 7.47. The Labute approximate surface area is 165 Å². The quantitative estimate of drug-likeness (QED) is 0.554. The van der Waals surface area contributed by atoms with Crippen LogP contribution in [0.25, 0.3) is 0 Å². The molecule has 1 amide bonds. The molecule has 0 aliphatic carbocycles. The van der Waals surface area contributed by atoms with Crippen LogP contribution in [0.2, 0.25) is 0 Å². The summed E-state index contributed by atoms with van der Waals surface area (Å²) in [6.07, 6.45) is 0. The van der Waals surface area contributed by atoms with Gasteiger partial charge in [-0.3, -0.25) is 4.79 Å². The lowest BCUT2D eigenvalue weighted by Gasteiger charge is -2.30. The Morgan fingerprint density at radius 2 is 2.00 bits per heavy atom. The monoisotopic (exact) mass is 431 g/mol. The summed E-state index contributed by atoms with van der Waals surface area (Å²) in [5.41, 5.74) is 3.44. The topological polar surface area (TPSA) is 73.4 Å². The van der Waals surface area contributed by atoms with Crippen molar-refractivity contribution in [1.82, 2.24) is 10.6 Å². The SMILES string of the molecule is CC1=C(C(=O)Nc2cccc(C)c2)[C@@H](c2cc(Br)ccc2O)NC(=S)N1. The van der Waals surface area contributed by atoms with Crippen LogP contribution in [0.15, 0.2) is 58.2 Å². The maximum atomic E-state index is 13.0. The minimum Gasteiger partial charge on any atom is -0.508 e. The summed E-state index contributed by atoms with van der Waals surface area (Å²) in [5.74, 6) is -0.177. The Bertz CT molecular complexity index is 927. The first-order chi connectivity index (χ1) is 12.3. The van der Waals surface area contributed by atoms with Crippen molar-refractivity contribution in [3.05, 3.63) is 69.3 Å². The van der Waals surface area contributed by atoms with E-state index in [9.17, 15) is 9.90 Å². The second-order valence-corrected chi connectivity index (χ2v) is 7.42. The summed E-state index contributed by atoms with van der Waals surface area (Å²) < 4.78 is 0.799. The standard InChI is InChI=1S/C19H18BrN3O2S/c1-10-4-3-5-13(8-10)22-18(25)16-11(2)21-19(26)23-17(16)14-9-12(20)6-7-15(14)24/h3-9,17,24H,1-2H3,(H,22,25)(H2,21,23,26)/t17-/m1/s1. The van der Waals surface area contributed by atoms with Crippen LogP contribution < -0.4 is 16.0 Å². The van der Waals surface area contributed by atoms with Gasteiger partial charge in [-0.25, -0.2) is 0 Å². The number of thiocarbonyl (C=S) groups is 1. The van der Waals surface area contributed by atoms with E-state index in [2.05, 4.69) is 31.9 Å². The highest BCUT2D eigenvalue weighted by Gasteiger charge is 2.31. The Balaban J connectivity index is 2.00. The molecule has 7 heteroatoms.